The van der Waals surface area contributed by atoms with E-state index in [1.165, 1.54) is 12.8 Å². The van der Waals surface area contributed by atoms with Crippen LogP contribution in [-0.2, 0) is 12.8 Å². The van der Waals surface area contributed by atoms with Crippen molar-refractivity contribution in [3.8, 4) is 11.5 Å². The second-order valence-electron chi connectivity index (χ2n) is 12.2. The van der Waals surface area contributed by atoms with Crippen molar-refractivity contribution in [3.63, 3.8) is 0 Å². The van der Waals surface area contributed by atoms with Crippen molar-refractivity contribution in [2.75, 3.05) is 11.5 Å². The van der Waals surface area contributed by atoms with Crippen LogP contribution in [0.2, 0.25) is 0 Å². The SMILES string of the molecule is Cc1nc(N)nc2c1C(=O)CC(c1ccccc1O)C2.Cc1nc(N)nc2c1C(=O)CC(c1ccccc1OC1CCCC1)C2. The van der Waals surface area contributed by atoms with Gasteiger partial charge in [-0.05, 0) is 75.6 Å². The highest BCUT2D eigenvalue weighted by Gasteiger charge is 2.32. The van der Waals surface area contributed by atoms with Gasteiger partial charge in [0.05, 0.1) is 40.0 Å². The van der Waals surface area contributed by atoms with Crippen molar-refractivity contribution >= 4 is 23.5 Å². The van der Waals surface area contributed by atoms with Crippen LogP contribution in [-0.4, -0.2) is 42.7 Å². The molecule has 10 heteroatoms. The number of hydrogen-bond acceptors (Lipinski definition) is 10. The summed E-state index contributed by atoms with van der Waals surface area (Å²) in [6.45, 7) is 3.60. The first kappa shape index (κ1) is 30.2. The number of benzene rings is 2. The average molecular weight is 607 g/mol. The summed E-state index contributed by atoms with van der Waals surface area (Å²) in [7, 11) is 0. The second-order valence-corrected chi connectivity index (χ2v) is 12.2. The predicted octanol–water partition coefficient (Wildman–Crippen LogP) is 5.59. The standard InChI is InChI=1S/C20H23N3O2.C15H15N3O2/c1-12-19-16(23-20(21)22-12)10-13(11-17(19)24)15-8-4-5-9-18(15)25-14-6-2-3-7-14;1-8-14-11(18-15(16)17-8)6-9(7-13(14)20)10-4-2-3-5-12(10)19/h4-5,8-9,13-14H,2-3,6-7,10-11H2,1H3,(H2,21,22,23);2-5,9,19H,6-7H2,1H3,(H2,16,17,18). The molecule has 3 aliphatic rings. The van der Waals surface area contributed by atoms with E-state index in [0.29, 0.717) is 60.0 Å². The molecule has 0 aliphatic heterocycles. The first-order chi connectivity index (χ1) is 21.7. The zero-order chi connectivity index (χ0) is 31.7. The number of anilines is 2. The van der Waals surface area contributed by atoms with Gasteiger partial charge >= 0.3 is 0 Å². The molecule has 0 radical (unpaired) electrons. The van der Waals surface area contributed by atoms with Gasteiger partial charge in [-0.25, -0.2) is 19.9 Å². The van der Waals surface area contributed by atoms with E-state index in [2.05, 4.69) is 26.0 Å². The molecule has 7 rings (SSSR count). The number of rotatable bonds is 4. The molecule has 0 saturated heterocycles. The highest BCUT2D eigenvalue weighted by atomic mass is 16.5. The number of aryl methyl sites for hydroxylation is 2. The number of aromatic nitrogens is 4. The van der Waals surface area contributed by atoms with E-state index in [1.807, 2.05) is 37.3 Å². The first-order valence-corrected chi connectivity index (χ1v) is 15.5. The van der Waals surface area contributed by atoms with E-state index in [4.69, 9.17) is 16.2 Å². The number of phenols is 1. The molecule has 232 valence electrons. The maximum absolute atomic E-state index is 12.7. The van der Waals surface area contributed by atoms with E-state index in [1.54, 1.807) is 19.1 Å². The number of carbonyl (C=O) groups excluding carboxylic acids is 2. The number of phenolic OH excluding ortho intramolecular Hbond substituents is 1. The van der Waals surface area contributed by atoms with Gasteiger partial charge in [-0.1, -0.05) is 36.4 Å². The summed E-state index contributed by atoms with van der Waals surface area (Å²) in [4.78, 5) is 41.7. The van der Waals surface area contributed by atoms with Gasteiger partial charge in [-0.15, -0.1) is 0 Å². The lowest BCUT2D eigenvalue weighted by molar-refractivity contribution is 0.0952. The van der Waals surface area contributed by atoms with E-state index < -0.39 is 0 Å². The average Bonchev–Trinajstić information content (AvgIpc) is 3.50. The van der Waals surface area contributed by atoms with Gasteiger partial charge in [0.25, 0.3) is 0 Å². The van der Waals surface area contributed by atoms with Crippen molar-refractivity contribution in [1.82, 2.24) is 19.9 Å². The molecule has 2 aromatic carbocycles. The molecule has 0 bridgehead atoms. The summed E-state index contributed by atoms with van der Waals surface area (Å²) < 4.78 is 6.26. The summed E-state index contributed by atoms with van der Waals surface area (Å²) in [5.74, 6) is 1.67. The van der Waals surface area contributed by atoms with Crippen molar-refractivity contribution in [2.45, 2.75) is 83.2 Å². The molecule has 3 aliphatic carbocycles. The normalized spacial score (nSPS) is 19.3. The Bertz CT molecular complexity index is 1770. The van der Waals surface area contributed by atoms with Crippen LogP contribution < -0.4 is 16.2 Å². The third kappa shape index (κ3) is 6.36. The van der Waals surface area contributed by atoms with Crippen molar-refractivity contribution in [3.05, 3.63) is 93.6 Å². The molecule has 0 amide bonds. The van der Waals surface area contributed by atoms with Crippen LogP contribution in [0.15, 0.2) is 48.5 Å². The monoisotopic (exact) mass is 606 g/mol. The number of nitrogen functional groups attached to an aromatic ring is 2. The van der Waals surface area contributed by atoms with Crippen molar-refractivity contribution < 1.29 is 19.4 Å². The minimum atomic E-state index is -0.0649. The molecule has 2 unspecified atom stereocenters. The lowest BCUT2D eigenvalue weighted by atomic mass is 9.81. The number of nitrogens with zero attached hydrogens (tertiary/aromatic N) is 4. The van der Waals surface area contributed by atoms with Gasteiger partial charge in [-0.2, -0.15) is 0 Å². The fourth-order valence-electron chi connectivity index (χ4n) is 6.98. The second kappa shape index (κ2) is 12.6. The van der Waals surface area contributed by atoms with Gasteiger partial charge in [0.15, 0.2) is 11.6 Å². The molecule has 10 nitrogen and oxygen atoms in total. The fourth-order valence-corrected chi connectivity index (χ4v) is 6.98. The number of para-hydroxylation sites is 2. The summed E-state index contributed by atoms with van der Waals surface area (Å²) in [6.07, 6.45) is 7.10. The molecule has 45 heavy (non-hydrogen) atoms. The highest BCUT2D eigenvalue weighted by Crippen LogP contribution is 2.39. The maximum atomic E-state index is 12.7. The lowest BCUT2D eigenvalue weighted by Crippen LogP contribution is -2.23. The number of aromatic hydroxyl groups is 1. The summed E-state index contributed by atoms with van der Waals surface area (Å²) in [5.41, 5.74) is 17.3. The topological polar surface area (TPSA) is 167 Å². The van der Waals surface area contributed by atoms with Gasteiger partial charge in [0.1, 0.15) is 11.5 Å². The molecule has 1 saturated carbocycles. The highest BCUT2D eigenvalue weighted by molar-refractivity contribution is 6.00. The zero-order valence-electron chi connectivity index (χ0n) is 25.6. The molecule has 2 aromatic heterocycles. The molecular formula is C35H38N6O4. The number of fused-ring (bicyclic) bond motifs is 2. The van der Waals surface area contributed by atoms with E-state index in [9.17, 15) is 14.7 Å². The van der Waals surface area contributed by atoms with Gasteiger partial charge in [0.2, 0.25) is 11.9 Å². The number of Topliss-reactive ketones (excluding diaryl/α,β-unsaturated/α-hetero) is 2. The van der Waals surface area contributed by atoms with Crippen LogP contribution in [0.5, 0.6) is 11.5 Å². The Kier molecular flexibility index (Phi) is 8.47. The van der Waals surface area contributed by atoms with Gasteiger partial charge < -0.3 is 21.3 Å². The molecule has 5 N–H and O–H groups in total. The summed E-state index contributed by atoms with van der Waals surface area (Å²) in [5, 5.41) is 9.94. The Hall–Kier alpha value is -4.86. The Morgan fingerprint density at radius 1 is 0.689 bits per heavy atom. The number of ketones is 2. The third-order valence-electron chi connectivity index (χ3n) is 9.00. The Morgan fingerprint density at radius 3 is 1.73 bits per heavy atom. The summed E-state index contributed by atoms with van der Waals surface area (Å²) >= 11 is 0. The first-order valence-electron chi connectivity index (χ1n) is 15.5. The minimum Gasteiger partial charge on any atom is -0.508 e. The zero-order valence-corrected chi connectivity index (χ0v) is 25.6. The van der Waals surface area contributed by atoms with E-state index >= 15 is 0 Å². The number of hydrogen-bond donors (Lipinski definition) is 3. The smallest absolute Gasteiger partial charge is 0.220 e. The van der Waals surface area contributed by atoms with Crippen molar-refractivity contribution in [2.24, 2.45) is 0 Å². The molecule has 0 spiro atoms. The predicted molar refractivity (Wildman–Crippen MR) is 171 cm³/mol. The minimum absolute atomic E-state index is 0.0111. The summed E-state index contributed by atoms with van der Waals surface area (Å²) in [6, 6.07) is 15.2. The molecule has 1 fully saturated rings. The molecule has 2 atom stereocenters. The van der Waals surface area contributed by atoms with Crippen LogP contribution >= 0.6 is 0 Å². The number of carbonyl (C=O) groups is 2. The van der Waals surface area contributed by atoms with Gasteiger partial charge in [0, 0.05) is 24.7 Å². The van der Waals surface area contributed by atoms with Crippen LogP contribution in [0.25, 0.3) is 0 Å². The Balaban J connectivity index is 0.000000163. The largest absolute Gasteiger partial charge is 0.508 e. The van der Waals surface area contributed by atoms with Crippen LogP contribution in [0, 0.1) is 13.8 Å². The molecule has 4 aromatic rings. The third-order valence-corrected chi connectivity index (χ3v) is 9.00. The van der Waals surface area contributed by atoms with Crippen LogP contribution in [0.4, 0.5) is 11.9 Å². The maximum Gasteiger partial charge on any atom is 0.220 e. The van der Waals surface area contributed by atoms with Crippen molar-refractivity contribution in [1.29, 1.82) is 0 Å². The number of nitrogens with two attached hydrogens (primary N) is 2. The Morgan fingerprint density at radius 2 is 1.18 bits per heavy atom. The van der Waals surface area contributed by atoms with Crippen LogP contribution in [0.1, 0.15) is 105 Å². The Labute approximate surface area is 262 Å². The molecular weight excluding hydrogens is 568 g/mol. The number of ether oxygens (including phenoxy) is 1. The van der Waals surface area contributed by atoms with Crippen LogP contribution in [0.3, 0.4) is 0 Å². The quantitative estimate of drug-likeness (QED) is 0.266. The lowest BCUT2D eigenvalue weighted by Gasteiger charge is -2.26. The molecule has 2 heterocycles. The fraction of sp³-hybridized carbons (Fsp3) is 0.371. The van der Waals surface area contributed by atoms with E-state index in [-0.39, 0.29) is 41.0 Å². The van der Waals surface area contributed by atoms with Gasteiger partial charge in [-0.3, -0.25) is 9.59 Å². The van der Waals surface area contributed by atoms with E-state index in [0.717, 1.165) is 35.4 Å².